The molecule has 0 aliphatic heterocycles. The van der Waals surface area contributed by atoms with Crippen LogP contribution in [-0.4, -0.2) is 0 Å². The molecular formula is C18H23FN2. The van der Waals surface area contributed by atoms with E-state index in [4.69, 9.17) is 5.84 Å². The Kier molecular flexibility index (Phi) is 4.45. The third-order valence-corrected chi connectivity index (χ3v) is 4.22. The molecule has 1 atom stereocenters. The lowest BCUT2D eigenvalue weighted by atomic mass is 9.74. The SMILES string of the molecule is Cc1ccc(C)c(C(NN)C(C)(C)c2ccc(F)cc2)c1. The molecule has 1 unspecified atom stereocenters. The molecule has 0 bridgehead atoms. The summed E-state index contributed by atoms with van der Waals surface area (Å²) in [7, 11) is 0. The van der Waals surface area contributed by atoms with E-state index < -0.39 is 0 Å². The highest BCUT2D eigenvalue weighted by Crippen LogP contribution is 2.37. The summed E-state index contributed by atoms with van der Waals surface area (Å²) >= 11 is 0. The number of nitrogens with two attached hydrogens (primary N) is 1. The van der Waals surface area contributed by atoms with E-state index in [1.165, 1.54) is 28.8 Å². The summed E-state index contributed by atoms with van der Waals surface area (Å²) < 4.78 is 13.2. The number of benzene rings is 2. The van der Waals surface area contributed by atoms with Crippen LogP contribution in [-0.2, 0) is 5.41 Å². The number of halogens is 1. The molecule has 0 saturated carbocycles. The molecule has 2 aromatic rings. The standard InChI is InChI=1S/C18H23FN2/c1-12-5-6-13(2)16(11-12)17(21-20)18(3,4)14-7-9-15(19)10-8-14/h5-11,17,21H,20H2,1-4H3. The Labute approximate surface area is 126 Å². The lowest BCUT2D eigenvalue weighted by Crippen LogP contribution is -2.41. The van der Waals surface area contributed by atoms with E-state index in [-0.39, 0.29) is 17.3 Å². The van der Waals surface area contributed by atoms with E-state index in [0.29, 0.717) is 0 Å². The monoisotopic (exact) mass is 286 g/mol. The lowest BCUT2D eigenvalue weighted by Gasteiger charge is -2.36. The van der Waals surface area contributed by atoms with Crippen molar-refractivity contribution in [1.29, 1.82) is 0 Å². The van der Waals surface area contributed by atoms with Gasteiger partial charge in [-0.1, -0.05) is 49.7 Å². The fraction of sp³-hybridized carbons (Fsp3) is 0.333. The number of nitrogens with one attached hydrogen (secondary N) is 1. The Morgan fingerprint density at radius 3 is 2.24 bits per heavy atom. The van der Waals surface area contributed by atoms with Crippen LogP contribution in [0.3, 0.4) is 0 Å². The third-order valence-electron chi connectivity index (χ3n) is 4.22. The summed E-state index contributed by atoms with van der Waals surface area (Å²) in [6, 6.07) is 12.9. The van der Waals surface area contributed by atoms with Crippen LogP contribution in [0.1, 0.15) is 42.1 Å². The van der Waals surface area contributed by atoms with Gasteiger partial charge in [-0.15, -0.1) is 0 Å². The van der Waals surface area contributed by atoms with E-state index >= 15 is 0 Å². The Morgan fingerprint density at radius 2 is 1.67 bits per heavy atom. The van der Waals surface area contributed by atoms with E-state index in [0.717, 1.165) is 5.56 Å². The molecule has 21 heavy (non-hydrogen) atoms. The minimum atomic E-state index is -0.263. The van der Waals surface area contributed by atoms with Gasteiger partial charge in [0.25, 0.3) is 0 Å². The summed E-state index contributed by atoms with van der Waals surface area (Å²) in [5.41, 5.74) is 7.30. The Bertz CT molecular complexity index is 618. The molecule has 3 N–H and O–H groups in total. The summed E-state index contributed by atoms with van der Waals surface area (Å²) in [6.45, 7) is 8.39. The van der Waals surface area contributed by atoms with Gasteiger partial charge < -0.3 is 0 Å². The molecule has 0 fully saturated rings. The van der Waals surface area contributed by atoms with Crippen LogP contribution < -0.4 is 11.3 Å². The van der Waals surface area contributed by atoms with Gasteiger partial charge in [-0.2, -0.15) is 0 Å². The van der Waals surface area contributed by atoms with Crippen molar-refractivity contribution in [2.75, 3.05) is 0 Å². The first-order chi connectivity index (χ1) is 9.86. The zero-order valence-corrected chi connectivity index (χ0v) is 13.1. The number of hydrogen-bond acceptors (Lipinski definition) is 2. The average molecular weight is 286 g/mol. The number of hydrazine groups is 1. The largest absolute Gasteiger partial charge is 0.271 e. The molecule has 2 rings (SSSR count). The minimum absolute atomic E-state index is 0.0529. The van der Waals surface area contributed by atoms with Gasteiger partial charge in [-0.3, -0.25) is 11.3 Å². The molecule has 112 valence electrons. The van der Waals surface area contributed by atoms with Gasteiger partial charge in [0.2, 0.25) is 0 Å². The van der Waals surface area contributed by atoms with Crippen LogP contribution in [0.25, 0.3) is 0 Å². The Morgan fingerprint density at radius 1 is 1.05 bits per heavy atom. The van der Waals surface area contributed by atoms with Gasteiger partial charge in [-0.05, 0) is 42.7 Å². The average Bonchev–Trinajstić information content (AvgIpc) is 2.43. The first kappa shape index (κ1) is 15.7. The fourth-order valence-corrected chi connectivity index (χ4v) is 2.80. The predicted molar refractivity (Wildman–Crippen MR) is 85.4 cm³/mol. The molecule has 2 nitrogen and oxygen atoms in total. The van der Waals surface area contributed by atoms with Gasteiger partial charge in [0.1, 0.15) is 5.82 Å². The van der Waals surface area contributed by atoms with Gasteiger partial charge >= 0.3 is 0 Å². The number of aryl methyl sites for hydroxylation is 2. The molecular weight excluding hydrogens is 263 g/mol. The van der Waals surface area contributed by atoms with Crippen LogP contribution in [0, 0.1) is 19.7 Å². The van der Waals surface area contributed by atoms with Crippen molar-refractivity contribution in [2.24, 2.45) is 5.84 Å². The van der Waals surface area contributed by atoms with Crippen LogP contribution >= 0.6 is 0 Å². The second-order valence-electron chi connectivity index (χ2n) is 6.19. The smallest absolute Gasteiger partial charge is 0.123 e. The van der Waals surface area contributed by atoms with Gasteiger partial charge in [0.15, 0.2) is 0 Å². The zero-order chi connectivity index (χ0) is 15.6. The first-order valence-corrected chi connectivity index (χ1v) is 7.15. The van der Waals surface area contributed by atoms with Crippen molar-refractivity contribution in [1.82, 2.24) is 5.43 Å². The molecule has 0 radical (unpaired) electrons. The molecule has 2 aromatic carbocycles. The van der Waals surface area contributed by atoms with Crippen molar-refractivity contribution in [3.8, 4) is 0 Å². The van der Waals surface area contributed by atoms with Crippen LogP contribution in [0.4, 0.5) is 4.39 Å². The fourth-order valence-electron chi connectivity index (χ4n) is 2.80. The van der Waals surface area contributed by atoms with Gasteiger partial charge in [0, 0.05) is 5.41 Å². The molecule has 0 aliphatic carbocycles. The molecule has 0 heterocycles. The van der Waals surface area contributed by atoms with Crippen molar-refractivity contribution in [2.45, 2.75) is 39.2 Å². The van der Waals surface area contributed by atoms with Crippen molar-refractivity contribution in [3.05, 3.63) is 70.5 Å². The summed E-state index contributed by atoms with van der Waals surface area (Å²) in [6.07, 6.45) is 0. The highest BCUT2D eigenvalue weighted by molar-refractivity contribution is 5.38. The summed E-state index contributed by atoms with van der Waals surface area (Å²) in [5, 5.41) is 0. The van der Waals surface area contributed by atoms with Crippen LogP contribution in [0.5, 0.6) is 0 Å². The minimum Gasteiger partial charge on any atom is -0.271 e. The molecule has 3 heteroatoms. The first-order valence-electron chi connectivity index (χ1n) is 7.15. The van der Waals surface area contributed by atoms with E-state index in [9.17, 15) is 4.39 Å². The topological polar surface area (TPSA) is 38.0 Å². The highest BCUT2D eigenvalue weighted by Gasteiger charge is 2.32. The van der Waals surface area contributed by atoms with E-state index in [1.54, 1.807) is 0 Å². The zero-order valence-electron chi connectivity index (χ0n) is 13.1. The highest BCUT2D eigenvalue weighted by atomic mass is 19.1. The molecule has 0 aromatic heterocycles. The molecule has 0 amide bonds. The van der Waals surface area contributed by atoms with Crippen molar-refractivity contribution in [3.63, 3.8) is 0 Å². The second-order valence-corrected chi connectivity index (χ2v) is 6.19. The maximum Gasteiger partial charge on any atom is 0.123 e. The second kappa shape index (κ2) is 5.96. The van der Waals surface area contributed by atoms with Crippen LogP contribution in [0.2, 0.25) is 0 Å². The van der Waals surface area contributed by atoms with Crippen molar-refractivity contribution < 1.29 is 4.39 Å². The molecule has 0 spiro atoms. The molecule has 0 aliphatic rings. The predicted octanol–water partition coefficient (Wildman–Crippen LogP) is 3.92. The summed E-state index contributed by atoms with van der Waals surface area (Å²) in [4.78, 5) is 0. The van der Waals surface area contributed by atoms with E-state index in [1.807, 2.05) is 12.1 Å². The third kappa shape index (κ3) is 3.14. The normalized spacial score (nSPS) is 13.2. The Hall–Kier alpha value is -1.71. The summed E-state index contributed by atoms with van der Waals surface area (Å²) in [5.74, 6) is 5.63. The lowest BCUT2D eigenvalue weighted by molar-refractivity contribution is 0.351. The van der Waals surface area contributed by atoms with Crippen molar-refractivity contribution >= 4 is 0 Å². The maximum absolute atomic E-state index is 13.2. The van der Waals surface area contributed by atoms with Crippen LogP contribution in [0.15, 0.2) is 42.5 Å². The maximum atomic E-state index is 13.2. The van der Waals surface area contributed by atoms with Gasteiger partial charge in [-0.25, -0.2) is 4.39 Å². The number of hydrogen-bond donors (Lipinski definition) is 2. The number of rotatable bonds is 4. The Balaban J connectivity index is 2.48. The van der Waals surface area contributed by atoms with Gasteiger partial charge in [0.05, 0.1) is 6.04 Å². The molecule has 0 saturated heterocycles. The quantitative estimate of drug-likeness (QED) is 0.660. The van der Waals surface area contributed by atoms with E-state index in [2.05, 4.69) is 51.3 Å².